The first-order valence-corrected chi connectivity index (χ1v) is 14.7. The number of piperidine rings is 1. The van der Waals surface area contributed by atoms with Crippen LogP contribution in [0.1, 0.15) is 26.2 Å². The van der Waals surface area contributed by atoms with Crippen LogP contribution in [-0.4, -0.2) is 119 Å². The molecule has 12 nitrogen and oxygen atoms in total. The van der Waals surface area contributed by atoms with Gasteiger partial charge in [0, 0.05) is 42.0 Å². The number of fused-ring (bicyclic) bond motifs is 2. The lowest BCUT2D eigenvalue weighted by atomic mass is 9.91. The molecule has 5 rings (SSSR count). The Bertz CT molecular complexity index is 1420. The van der Waals surface area contributed by atoms with Crippen LogP contribution >= 0.6 is 11.6 Å². The zero-order valence-electron chi connectivity index (χ0n) is 21.9. The normalized spacial score (nSPS) is 23.6. The molecule has 3 fully saturated rings. The van der Waals surface area contributed by atoms with Crippen LogP contribution in [0.25, 0.3) is 10.9 Å². The number of aromatic amines is 1. The predicted molar refractivity (Wildman–Crippen MR) is 142 cm³/mol. The molecule has 0 bridgehead atoms. The second kappa shape index (κ2) is 10.0. The maximum atomic E-state index is 13.8. The second-order valence-electron chi connectivity index (χ2n) is 10.6. The molecule has 212 valence electrons. The van der Waals surface area contributed by atoms with Gasteiger partial charge in [0.2, 0.25) is 11.8 Å². The minimum atomic E-state index is -4.15. The minimum absolute atomic E-state index is 0.00127. The van der Waals surface area contributed by atoms with Crippen molar-refractivity contribution in [1.82, 2.24) is 24.0 Å². The van der Waals surface area contributed by atoms with Crippen molar-refractivity contribution in [2.75, 3.05) is 52.9 Å². The van der Waals surface area contributed by atoms with Crippen LogP contribution < -0.4 is 0 Å². The number of sulfonamides is 1. The number of carbonyl (C=O) groups excluding carboxylic acids is 2. The number of ether oxygens (including phenoxy) is 1. The highest BCUT2D eigenvalue weighted by Gasteiger charge is 2.61. The van der Waals surface area contributed by atoms with E-state index in [1.165, 1.54) is 11.0 Å². The summed E-state index contributed by atoms with van der Waals surface area (Å²) < 4.78 is 35.4. The van der Waals surface area contributed by atoms with Crippen LogP contribution in [0.15, 0.2) is 29.3 Å². The van der Waals surface area contributed by atoms with Crippen LogP contribution in [0.5, 0.6) is 0 Å². The maximum absolute atomic E-state index is 13.8. The summed E-state index contributed by atoms with van der Waals surface area (Å²) >= 11 is 6.07. The van der Waals surface area contributed by atoms with Crippen molar-refractivity contribution >= 4 is 50.3 Å². The van der Waals surface area contributed by atoms with E-state index >= 15 is 0 Å². The number of H-pyrrole nitrogens is 1. The van der Waals surface area contributed by atoms with E-state index in [9.17, 15) is 27.9 Å². The third kappa shape index (κ3) is 5.13. The van der Waals surface area contributed by atoms with Crippen LogP contribution in [0.2, 0.25) is 5.02 Å². The number of likely N-dealkylation sites (tertiary alicyclic amines) is 1. The van der Waals surface area contributed by atoms with Crippen molar-refractivity contribution in [1.29, 1.82) is 0 Å². The zero-order chi connectivity index (χ0) is 28.2. The van der Waals surface area contributed by atoms with Crippen LogP contribution in [0.4, 0.5) is 0 Å². The first-order valence-electron chi connectivity index (χ1n) is 12.8. The summed E-state index contributed by atoms with van der Waals surface area (Å²) in [5.74, 6) is -1.43. The molecule has 4 heterocycles. The molecule has 1 atom stereocenters. The lowest BCUT2D eigenvalue weighted by Gasteiger charge is -2.46. The van der Waals surface area contributed by atoms with Crippen molar-refractivity contribution in [2.24, 2.45) is 0 Å². The Morgan fingerprint density at radius 2 is 1.92 bits per heavy atom. The number of piperazine rings is 1. The summed E-state index contributed by atoms with van der Waals surface area (Å²) in [5, 5.41) is 10.4. The van der Waals surface area contributed by atoms with Crippen molar-refractivity contribution in [3.05, 3.63) is 29.3 Å². The Kier molecular flexibility index (Phi) is 7.17. The fourth-order valence-electron chi connectivity index (χ4n) is 5.97. The first kappa shape index (κ1) is 27.8. The molecular weight excluding hydrogens is 550 g/mol. The van der Waals surface area contributed by atoms with Gasteiger partial charge in [0.05, 0.1) is 31.8 Å². The number of carboxylic acids is 1. The Hall–Kier alpha value is -2.71. The molecule has 3 saturated heterocycles. The number of carbonyl (C=O) groups is 3. The van der Waals surface area contributed by atoms with Crippen LogP contribution in [0, 0.1) is 0 Å². The highest BCUT2D eigenvalue weighted by Crippen LogP contribution is 2.44. The number of nitrogens with zero attached hydrogens (tertiary/aromatic N) is 4. The molecule has 2 aromatic rings. The number of carboxylic acid groups (broad SMARTS) is 1. The quantitative estimate of drug-likeness (QED) is 0.496. The van der Waals surface area contributed by atoms with E-state index in [2.05, 4.69) is 4.98 Å². The number of likely N-dealkylation sites (N-methyl/N-ethyl adjacent to an activating group) is 1. The van der Waals surface area contributed by atoms with Crippen LogP contribution in [-0.2, 0) is 29.1 Å². The molecule has 1 spiro atoms. The van der Waals surface area contributed by atoms with Crippen molar-refractivity contribution in [3.8, 4) is 0 Å². The molecule has 0 aliphatic carbocycles. The average Bonchev–Trinajstić information content (AvgIpc) is 3.43. The molecule has 3 aliphatic heterocycles. The predicted octanol–water partition coefficient (Wildman–Crippen LogP) is 1.17. The number of aliphatic carboxylic acids is 1. The number of halogens is 1. The minimum Gasteiger partial charge on any atom is -0.480 e. The number of benzene rings is 1. The van der Waals surface area contributed by atoms with E-state index in [4.69, 9.17) is 16.3 Å². The Morgan fingerprint density at radius 1 is 1.21 bits per heavy atom. The molecule has 1 unspecified atom stereocenters. The summed E-state index contributed by atoms with van der Waals surface area (Å²) in [7, 11) is -2.56. The first-order chi connectivity index (χ1) is 18.4. The molecule has 1 aromatic carbocycles. The van der Waals surface area contributed by atoms with Gasteiger partial charge in [-0.2, -0.15) is 4.31 Å². The van der Waals surface area contributed by atoms with Crippen molar-refractivity contribution < 1.29 is 32.6 Å². The molecule has 2 N–H and O–H groups in total. The lowest BCUT2D eigenvalue weighted by Crippen LogP contribution is -2.67. The summed E-state index contributed by atoms with van der Waals surface area (Å²) in [5.41, 5.74) is -1.57. The Morgan fingerprint density at radius 3 is 2.59 bits per heavy atom. The van der Waals surface area contributed by atoms with E-state index < -0.39 is 33.2 Å². The smallest absolute Gasteiger partial charge is 0.317 e. The van der Waals surface area contributed by atoms with Gasteiger partial charge in [-0.15, -0.1) is 0 Å². The van der Waals surface area contributed by atoms with Gasteiger partial charge in [-0.05, 0) is 44.2 Å². The topological polar surface area (TPSA) is 144 Å². The monoisotopic (exact) mass is 581 g/mol. The Balaban J connectivity index is 1.47. The number of nitrogens with one attached hydrogen (secondary N) is 1. The maximum Gasteiger partial charge on any atom is 0.317 e. The highest BCUT2D eigenvalue weighted by molar-refractivity contribution is 7.89. The van der Waals surface area contributed by atoms with Gasteiger partial charge in [0.25, 0.3) is 10.0 Å². The third-order valence-electron chi connectivity index (χ3n) is 7.81. The van der Waals surface area contributed by atoms with Crippen molar-refractivity contribution in [3.63, 3.8) is 0 Å². The van der Waals surface area contributed by atoms with Gasteiger partial charge < -0.3 is 24.6 Å². The van der Waals surface area contributed by atoms with E-state index in [0.29, 0.717) is 48.3 Å². The zero-order valence-corrected chi connectivity index (χ0v) is 23.4. The molecule has 39 heavy (non-hydrogen) atoms. The summed E-state index contributed by atoms with van der Waals surface area (Å²) in [6, 6.07) is 6.46. The van der Waals surface area contributed by atoms with E-state index in [1.807, 2.05) is 6.92 Å². The van der Waals surface area contributed by atoms with Gasteiger partial charge in [-0.3, -0.25) is 19.3 Å². The SMILES string of the molecule is CCC(=O)N1CCC2(CC1)CN1C(=O)CN(S(=O)(=O)c3cc4cc(Cl)ccc4[nH]3)CC1(CN(C)CC(=O)O)O2. The highest BCUT2D eigenvalue weighted by atomic mass is 35.5. The fourth-order valence-corrected chi connectivity index (χ4v) is 7.60. The molecule has 1 aromatic heterocycles. The molecule has 14 heteroatoms. The number of rotatable bonds is 7. The molecule has 3 aliphatic rings. The van der Waals surface area contributed by atoms with Crippen molar-refractivity contribution in [2.45, 2.75) is 42.5 Å². The molecule has 0 radical (unpaired) electrons. The van der Waals surface area contributed by atoms with Gasteiger partial charge in [0.15, 0.2) is 5.72 Å². The standard InChI is InChI=1S/C25H32ClN5O7S/c1-3-21(32)29-8-6-24(7-9-29)14-31-22(33)12-30(16-25(31,38-24)15-28(2)13-23(34)35)39(36,37)20-11-17-10-18(26)4-5-19(17)27-20/h4-5,10-11,27H,3,6-9,12-16H2,1-2H3,(H,34,35). The second-order valence-corrected chi connectivity index (χ2v) is 13.0. The molecular formula is C25H32ClN5O7S. The Labute approximate surface area is 231 Å². The van der Waals surface area contributed by atoms with Crippen LogP contribution in [0.3, 0.4) is 0 Å². The largest absolute Gasteiger partial charge is 0.480 e. The fraction of sp³-hybridized carbons (Fsp3) is 0.560. The average molecular weight is 582 g/mol. The number of hydrogen-bond acceptors (Lipinski definition) is 7. The lowest BCUT2D eigenvalue weighted by molar-refractivity contribution is -0.187. The molecule has 2 amide bonds. The summed E-state index contributed by atoms with van der Waals surface area (Å²) in [6.07, 6.45) is 1.38. The summed E-state index contributed by atoms with van der Waals surface area (Å²) in [6.45, 7) is 2.14. The van der Waals surface area contributed by atoms with Gasteiger partial charge in [-0.1, -0.05) is 18.5 Å². The summed E-state index contributed by atoms with van der Waals surface area (Å²) in [4.78, 5) is 45.0. The van der Waals surface area contributed by atoms with E-state index in [1.54, 1.807) is 35.0 Å². The van der Waals surface area contributed by atoms with Gasteiger partial charge >= 0.3 is 5.97 Å². The van der Waals surface area contributed by atoms with E-state index in [-0.39, 0.29) is 43.7 Å². The van der Waals surface area contributed by atoms with Gasteiger partial charge in [-0.25, -0.2) is 8.42 Å². The number of amides is 2. The number of aromatic nitrogens is 1. The third-order valence-corrected chi connectivity index (χ3v) is 9.76. The number of hydrogen-bond donors (Lipinski definition) is 2. The van der Waals surface area contributed by atoms with Gasteiger partial charge in [0.1, 0.15) is 5.03 Å². The van der Waals surface area contributed by atoms with E-state index in [0.717, 1.165) is 4.31 Å². The molecule has 0 saturated carbocycles.